The Morgan fingerprint density at radius 3 is 2.36 bits per heavy atom. The van der Waals surface area contributed by atoms with Crippen LogP contribution in [0.3, 0.4) is 0 Å². The van der Waals surface area contributed by atoms with Gasteiger partial charge < -0.3 is 19.3 Å². The minimum absolute atomic E-state index is 0.0382. The lowest BCUT2D eigenvalue weighted by Crippen LogP contribution is -2.18. The number of para-hydroxylation sites is 1. The van der Waals surface area contributed by atoms with Crippen LogP contribution in [-0.4, -0.2) is 37.2 Å². The molecule has 9 nitrogen and oxygen atoms in total. The summed E-state index contributed by atoms with van der Waals surface area (Å²) < 4.78 is 68.4. The molecule has 0 radical (unpaired) electrons. The molecular weight excluding hydrogens is 604 g/mol. The number of carbonyl (C=O) groups excluding carboxylic acids is 1. The number of halogens is 2. The Kier molecular flexibility index (Phi) is 7.63. The zero-order valence-corrected chi connectivity index (χ0v) is 25.1. The number of carbonyl (C=O) groups is 1. The maximum Gasteiger partial charge on any atom is 0.255 e. The largest absolute Gasteiger partial charge is 0.455 e. The molecule has 3 N–H and O–H groups in total. The predicted octanol–water partition coefficient (Wildman–Crippen LogP) is 7.03. The fourth-order valence-corrected chi connectivity index (χ4v) is 5.72. The smallest absolute Gasteiger partial charge is 0.255 e. The van der Waals surface area contributed by atoms with Crippen molar-refractivity contribution in [1.82, 2.24) is 10.3 Å². The molecule has 2 aromatic heterocycles. The quantitative estimate of drug-likeness (QED) is 0.164. The van der Waals surface area contributed by atoms with Crippen LogP contribution in [0.2, 0.25) is 0 Å². The first-order valence-corrected chi connectivity index (χ1v) is 15.6. The standard InChI is InChI=1S/C33H27F2N3O6S/c1-4-45(41,42)38-26-16-28-24(29(32(40)36-3)31(43-28)18-8-10-22(34)11-9-18)15-23(26)20-12-19(17(2)39)13-21(14-20)33-37-30-25(35)6-5-7-27(30)44-33/h5-17,38-39H,4H2,1-3H3,(H,36,40). The number of aliphatic hydroxyl groups is 1. The van der Waals surface area contributed by atoms with Gasteiger partial charge in [0.1, 0.15) is 22.7 Å². The maximum atomic E-state index is 14.4. The normalized spacial score (nSPS) is 12.5. The summed E-state index contributed by atoms with van der Waals surface area (Å²) in [4.78, 5) is 17.5. The fraction of sp³-hybridized carbons (Fsp3) is 0.152. The third kappa shape index (κ3) is 5.65. The van der Waals surface area contributed by atoms with E-state index < -0.39 is 33.7 Å². The number of nitrogens with zero attached hydrogens (tertiary/aromatic N) is 1. The summed E-state index contributed by atoms with van der Waals surface area (Å²) >= 11 is 0. The van der Waals surface area contributed by atoms with Crippen molar-refractivity contribution in [3.8, 4) is 33.9 Å². The Morgan fingerprint density at radius 2 is 1.69 bits per heavy atom. The second-order valence-electron chi connectivity index (χ2n) is 10.4. The lowest BCUT2D eigenvalue weighted by atomic mass is 9.94. The Bertz CT molecular complexity index is 2210. The van der Waals surface area contributed by atoms with Gasteiger partial charge in [-0.25, -0.2) is 22.2 Å². The highest BCUT2D eigenvalue weighted by molar-refractivity contribution is 7.92. The van der Waals surface area contributed by atoms with E-state index in [2.05, 4.69) is 15.0 Å². The van der Waals surface area contributed by atoms with Crippen LogP contribution >= 0.6 is 0 Å². The summed E-state index contributed by atoms with van der Waals surface area (Å²) in [6.07, 6.45) is -0.954. The van der Waals surface area contributed by atoms with E-state index in [-0.39, 0.29) is 45.3 Å². The number of sulfonamides is 1. The molecule has 6 aromatic rings. The molecular formula is C33H27F2N3O6S. The summed E-state index contributed by atoms with van der Waals surface area (Å²) in [6.45, 7) is 3.05. The molecule has 4 aromatic carbocycles. The number of amides is 1. The lowest BCUT2D eigenvalue weighted by Gasteiger charge is -2.15. The van der Waals surface area contributed by atoms with Gasteiger partial charge in [-0.1, -0.05) is 6.07 Å². The van der Waals surface area contributed by atoms with Gasteiger partial charge in [0.15, 0.2) is 11.4 Å². The molecule has 2 heterocycles. The minimum atomic E-state index is -3.80. The van der Waals surface area contributed by atoms with Crippen molar-refractivity contribution in [2.45, 2.75) is 20.0 Å². The summed E-state index contributed by atoms with van der Waals surface area (Å²) in [5, 5.41) is 13.6. The van der Waals surface area contributed by atoms with E-state index in [1.54, 1.807) is 37.3 Å². The van der Waals surface area contributed by atoms with E-state index in [4.69, 9.17) is 8.83 Å². The zero-order valence-electron chi connectivity index (χ0n) is 24.3. The summed E-state index contributed by atoms with van der Waals surface area (Å²) in [6, 6.07) is 17.8. The van der Waals surface area contributed by atoms with Crippen molar-refractivity contribution in [2.24, 2.45) is 0 Å². The van der Waals surface area contributed by atoms with Gasteiger partial charge in [-0.3, -0.25) is 9.52 Å². The fourth-order valence-electron chi connectivity index (χ4n) is 5.07. The van der Waals surface area contributed by atoms with Crippen molar-refractivity contribution in [3.63, 3.8) is 0 Å². The first-order valence-electron chi connectivity index (χ1n) is 14.0. The van der Waals surface area contributed by atoms with Crippen LogP contribution in [0.25, 0.3) is 56.0 Å². The van der Waals surface area contributed by atoms with Gasteiger partial charge in [0.25, 0.3) is 5.91 Å². The molecule has 0 saturated carbocycles. The van der Waals surface area contributed by atoms with E-state index in [0.29, 0.717) is 33.2 Å². The second-order valence-corrected chi connectivity index (χ2v) is 12.4. The Morgan fingerprint density at radius 1 is 0.956 bits per heavy atom. The van der Waals surface area contributed by atoms with Crippen LogP contribution in [0.5, 0.6) is 0 Å². The van der Waals surface area contributed by atoms with Crippen molar-refractivity contribution in [3.05, 3.63) is 95.6 Å². The number of oxazole rings is 1. The topological polar surface area (TPSA) is 135 Å². The van der Waals surface area contributed by atoms with E-state index in [0.717, 1.165) is 0 Å². The molecule has 1 unspecified atom stereocenters. The number of aliphatic hydroxyl groups excluding tert-OH is 1. The number of benzene rings is 4. The van der Waals surface area contributed by atoms with Crippen molar-refractivity contribution >= 4 is 43.7 Å². The number of furan rings is 1. The Hall–Kier alpha value is -5.07. The SMILES string of the molecule is CCS(=O)(=O)Nc1cc2oc(-c3ccc(F)cc3)c(C(=O)NC)c2cc1-c1cc(-c2nc3c(F)cccc3o2)cc(C(C)O)c1. The average Bonchev–Trinajstić information content (AvgIpc) is 3.63. The maximum absolute atomic E-state index is 14.4. The van der Waals surface area contributed by atoms with Crippen LogP contribution in [0, 0.1) is 11.6 Å². The number of hydrogen-bond acceptors (Lipinski definition) is 7. The highest BCUT2D eigenvalue weighted by Gasteiger charge is 2.25. The molecule has 0 fully saturated rings. The highest BCUT2D eigenvalue weighted by Crippen LogP contribution is 2.42. The van der Waals surface area contributed by atoms with Gasteiger partial charge in [-0.15, -0.1) is 0 Å². The average molecular weight is 632 g/mol. The van der Waals surface area contributed by atoms with Crippen LogP contribution in [0.4, 0.5) is 14.5 Å². The first-order chi connectivity index (χ1) is 21.5. The number of fused-ring (bicyclic) bond motifs is 2. The Labute approximate surface area is 256 Å². The number of aromatic nitrogens is 1. The van der Waals surface area contributed by atoms with E-state index in [9.17, 15) is 27.1 Å². The summed E-state index contributed by atoms with van der Waals surface area (Å²) in [5.41, 5.74) is 2.84. The molecule has 0 aliphatic carbocycles. The van der Waals surface area contributed by atoms with Crippen LogP contribution < -0.4 is 10.0 Å². The number of anilines is 1. The molecule has 6 rings (SSSR count). The van der Waals surface area contributed by atoms with Gasteiger partial charge in [-0.05, 0) is 85.6 Å². The van der Waals surface area contributed by atoms with Gasteiger partial charge >= 0.3 is 0 Å². The van der Waals surface area contributed by atoms with Crippen molar-refractivity contribution < 1.29 is 35.9 Å². The number of rotatable bonds is 8. The van der Waals surface area contributed by atoms with Crippen LogP contribution in [0.15, 0.2) is 81.6 Å². The molecule has 1 amide bonds. The molecule has 0 aliphatic heterocycles. The van der Waals surface area contributed by atoms with Crippen LogP contribution in [-0.2, 0) is 10.0 Å². The lowest BCUT2D eigenvalue weighted by molar-refractivity contribution is 0.0964. The highest BCUT2D eigenvalue weighted by atomic mass is 32.2. The molecule has 0 spiro atoms. The second kappa shape index (κ2) is 11.5. The predicted molar refractivity (Wildman–Crippen MR) is 167 cm³/mol. The first kappa shape index (κ1) is 30.0. The van der Waals surface area contributed by atoms with Crippen molar-refractivity contribution in [2.75, 3.05) is 17.5 Å². The Balaban J connectivity index is 1.64. The van der Waals surface area contributed by atoms with Gasteiger partial charge in [-0.2, -0.15) is 0 Å². The van der Waals surface area contributed by atoms with Gasteiger partial charge in [0.05, 0.1) is 23.1 Å². The molecule has 0 aliphatic rings. The summed E-state index contributed by atoms with van der Waals surface area (Å²) in [5.74, 6) is -1.48. The molecule has 1 atom stereocenters. The van der Waals surface area contributed by atoms with Gasteiger partial charge in [0.2, 0.25) is 15.9 Å². The third-order valence-corrected chi connectivity index (χ3v) is 8.69. The summed E-state index contributed by atoms with van der Waals surface area (Å²) in [7, 11) is -2.34. The van der Waals surface area contributed by atoms with E-state index in [1.807, 2.05) is 0 Å². The number of hydrogen-bond donors (Lipinski definition) is 3. The van der Waals surface area contributed by atoms with Crippen LogP contribution in [0.1, 0.15) is 35.9 Å². The van der Waals surface area contributed by atoms with Crippen molar-refractivity contribution in [1.29, 1.82) is 0 Å². The third-order valence-electron chi connectivity index (χ3n) is 7.40. The van der Waals surface area contributed by atoms with E-state index >= 15 is 0 Å². The molecule has 230 valence electrons. The molecule has 12 heteroatoms. The zero-order chi connectivity index (χ0) is 32.0. The van der Waals surface area contributed by atoms with E-state index in [1.165, 1.54) is 56.4 Å². The molecule has 0 saturated heterocycles. The molecule has 0 bridgehead atoms. The van der Waals surface area contributed by atoms with Gasteiger partial charge in [0, 0.05) is 35.2 Å². The number of nitrogens with one attached hydrogen (secondary N) is 2. The molecule has 45 heavy (non-hydrogen) atoms. The minimum Gasteiger partial charge on any atom is -0.455 e. The monoisotopic (exact) mass is 631 g/mol.